The van der Waals surface area contributed by atoms with Crippen LogP contribution in [0.5, 0.6) is 5.75 Å². The predicted octanol–water partition coefficient (Wildman–Crippen LogP) is 4.32. The molecule has 1 N–H and O–H groups in total. The lowest BCUT2D eigenvalue weighted by molar-refractivity contribution is -0.137. The Bertz CT molecular complexity index is 717. The van der Waals surface area contributed by atoms with Gasteiger partial charge in [0.15, 0.2) is 5.78 Å². The molecule has 0 aromatic heterocycles. The first kappa shape index (κ1) is 17.7. The highest BCUT2D eigenvalue weighted by atomic mass is 16.5. The monoisotopic (exact) mass is 326 g/mol. The van der Waals surface area contributed by atoms with Gasteiger partial charge in [-0.3, -0.25) is 9.59 Å². The first-order valence-corrected chi connectivity index (χ1v) is 7.99. The lowest BCUT2D eigenvalue weighted by Crippen LogP contribution is -2.06. The summed E-state index contributed by atoms with van der Waals surface area (Å²) in [6.45, 7) is 4.33. The normalized spacial score (nSPS) is 10.4. The Balaban J connectivity index is 2.07. The van der Waals surface area contributed by atoms with Crippen LogP contribution < -0.4 is 4.74 Å². The van der Waals surface area contributed by atoms with Gasteiger partial charge in [-0.25, -0.2) is 0 Å². The number of rotatable bonds is 8. The van der Waals surface area contributed by atoms with Gasteiger partial charge in [-0.05, 0) is 38.0 Å². The van der Waals surface area contributed by atoms with Crippen molar-refractivity contribution in [3.63, 3.8) is 0 Å². The van der Waals surface area contributed by atoms with Gasteiger partial charge in [-0.2, -0.15) is 0 Å². The molecule has 0 amide bonds. The largest absolute Gasteiger partial charge is 0.488 e. The first-order valence-electron chi connectivity index (χ1n) is 7.99. The van der Waals surface area contributed by atoms with Crippen LogP contribution in [0.4, 0.5) is 0 Å². The smallest absolute Gasteiger partial charge is 0.303 e. The number of Topliss-reactive ketones (excluding diaryl/α,β-unsaturated/α-hetero) is 1. The highest BCUT2D eigenvalue weighted by Crippen LogP contribution is 2.23. The summed E-state index contributed by atoms with van der Waals surface area (Å²) in [6.07, 6.45) is 0.535. The molecule has 2 rings (SSSR count). The van der Waals surface area contributed by atoms with Crippen molar-refractivity contribution in [3.05, 3.63) is 64.7 Å². The highest BCUT2D eigenvalue weighted by molar-refractivity contribution is 5.99. The Morgan fingerprint density at radius 2 is 1.62 bits per heavy atom. The highest BCUT2D eigenvalue weighted by Gasteiger charge is 2.14. The Morgan fingerprint density at radius 3 is 2.29 bits per heavy atom. The second-order valence-corrected chi connectivity index (χ2v) is 5.94. The topological polar surface area (TPSA) is 63.6 Å². The Morgan fingerprint density at radius 1 is 0.958 bits per heavy atom. The minimum Gasteiger partial charge on any atom is -0.488 e. The molecule has 0 atom stereocenters. The van der Waals surface area contributed by atoms with Crippen molar-refractivity contribution in [1.82, 2.24) is 0 Å². The van der Waals surface area contributed by atoms with Crippen LogP contribution in [0.2, 0.25) is 0 Å². The van der Waals surface area contributed by atoms with E-state index in [0.29, 0.717) is 24.3 Å². The standard InChI is InChI=1S/C20H22O4/c1-14-6-9-16(10-7-14)13-24-19-11-8-15(2)12-17(19)18(21)4-3-5-20(22)23/h6-12H,3-5,13H2,1-2H3,(H,22,23). The average molecular weight is 326 g/mol. The maximum atomic E-state index is 12.4. The fourth-order valence-electron chi connectivity index (χ4n) is 2.37. The summed E-state index contributed by atoms with van der Waals surface area (Å²) in [5.74, 6) is -0.428. The third kappa shape index (κ3) is 5.23. The van der Waals surface area contributed by atoms with Gasteiger partial charge in [0.05, 0.1) is 5.56 Å². The van der Waals surface area contributed by atoms with Crippen molar-refractivity contribution < 1.29 is 19.4 Å². The molecule has 0 aliphatic carbocycles. The number of aliphatic carboxylic acids is 1. The lowest BCUT2D eigenvalue weighted by atomic mass is 10.0. The molecule has 0 aliphatic rings. The molecular weight excluding hydrogens is 304 g/mol. The average Bonchev–Trinajstić information content (AvgIpc) is 2.54. The molecule has 24 heavy (non-hydrogen) atoms. The number of hydrogen-bond donors (Lipinski definition) is 1. The second kappa shape index (κ2) is 8.29. The number of carbonyl (C=O) groups is 2. The number of ether oxygens (including phenoxy) is 1. The zero-order chi connectivity index (χ0) is 17.5. The zero-order valence-corrected chi connectivity index (χ0v) is 14.0. The van der Waals surface area contributed by atoms with Crippen molar-refractivity contribution >= 4 is 11.8 Å². The van der Waals surface area contributed by atoms with E-state index in [1.807, 2.05) is 44.2 Å². The zero-order valence-electron chi connectivity index (χ0n) is 14.0. The molecule has 0 bridgehead atoms. The van der Waals surface area contributed by atoms with Gasteiger partial charge in [0, 0.05) is 12.8 Å². The Hall–Kier alpha value is -2.62. The van der Waals surface area contributed by atoms with Crippen LogP contribution in [0.15, 0.2) is 42.5 Å². The van der Waals surface area contributed by atoms with Gasteiger partial charge < -0.3 is 9.84 Å². The maximum Gasteiger partial charge on any atom is 0.303 e. The van der Waals surface area contributed by atoms with Gasteiger partial charge in [-0.1, -0.05) is 41.5 Å². The molecule has 0 aliphatic heterocycles. The molecule has 0 spiro atoms. The molecule has 2 aromatic carbocycles. The quantitative estimate of drug-likeness (QED) is 0.734. The van der Waals surface area contributed by atoms with E-state index in [1.54, 1.807) is 12.1 Å². The summed E-state index contributed by atoms with van der Waals surface area (Å²) in [4.78, 5) is 23.0. The maximum absolute atomic E-state index is 12.4. The molecule has 0 saturated heterocycles. The minimum absolute atomic E-state index is 0.00286. The number of carboxylic acids is 1. The van der Waals surface area contributed by atoms with Crippen molar-refractivity contribution in [2.75, 3.05) is 0 Å². The van der Waals surface area contributed by atoms with Gasteiger partial charge in [0.2, 0.25) is 0 Å². The molecule has 0 unspecified atom stereocenters. The van der Waals surface area contributed by atoms with E-state index in [-0.39, 0.29) is 18.6 Å². The van der Waals surface area contributed by atoms with Crippen LogP contribution in [-0.4, -0.2) is 16.9 Å². The van der Waals surface area contributed by atoms with Crippen LogP contribution >= 0.6 is 0 Å². The van der Waals surface area contributed by atoms with Crippen LogP contribution in [0.1, 0.15) is 46.3 Å². The summed E-state index contributed by atoms with van der Waals surface area (Å²) in [5.41, 5.74) is 3.71. The molecular formula is C20H22O4. The molecule has 0 heterocycles. The summed E-state index contributed by atoms with van der Waals surface area (Å²) in [6, 6.07) is 13.5. The molecule has 0 fully saturated rings. The number of ketones is 1. The molecule has 0 radical (unpaired) electrons. The van der Waals surface area contributed by atoms with Crippen molar-refractivity contribution in [2.24, 2.45) is 0 Å². The van der Waals surface area contributed by atoms with E-state index >= 15 is 0 Å². The number of hydrogen-bond acceptors (Lipinski definition) is 3. The number of carboxylic acid groups (broad SMARTS) is 1. The van der Waals surface area contributed by atoms with Gasteiger partial charge >= 0.3 is 5.97 Å². The van der Waals surface area contributed by atoms with Crippen LogP contribution in [-0.2, 0) is 11.4 Å². The van der Waals surface area contributed by atoms with E-state index in [1.165, 1.54) is 5.56 Å². The molecule has 126 valence electrons. The molecule has 4 nitrogen and oxygen atoms in total. The fourth-order valence-corrected chi connectivity index (χ4v) is 2.37. The van der Waals surface area contributed by atoms with Gasteiger partial charge in [0.1, 0.15) is 12.4 Å². The van der Waals surface area contributed by atoms with E-state index in [0.717, 1.165) is 11.1 Å². The van der Waals surface area contributed by atoms with E-state index in [2.05, 4.69) is 0 Å². The SMILES string of the molecule is Cc1ccc(COc2ccc(C)cc2C(=O)CCCC(=O)O)cc1. The summed E-state index contributed by atoms with van der Waals surface area (Å²) in [7, 11) is 0. The van der Waals surface area contributed by atoms with E-state index in [9.17, 15) is 9.59 Å². The fraction of sp³-hybridized carbons (Fsp3) is 0.300. The third-order valence-electron chi connectivity index (χ3n) is 3.74. The summed E-state index contributed by atoms with van der Waals surface area (Å²) < 4.78 is 5.83. The van der Waals surface area contributed by atoms with Crippen LogP contribution in [0.3, 0.4) is 0 Å². The van der Waals surface area contributed by atoms with Crippen LogP contribution in [0, 0.1) is 13.8 Å². The molecule has 0 saturated carbocycles. The van der Waals surface area contributed by atoms with Crippen molar-refractivity contribution in [1.29, 1.82) is 0 Å². The second-order valence-electron chi connectivity index (χ2n) is 5.94. The Labute approximate surface area is 142 Å². The number of benzene rings is 2. The number of aryl methyl sites for hydroxylation is 2. The first-order chi connectivity index (χ1) is 11.5. The number of carbonyl (C=O) groups excluding carboxylic acids is 1. The molecule has 4 heteroatoms. The van der Waals surface area contributed by atoms with Gasteiger partial charge in [0.25, 0.3) is 0 Å². The third-order valence-corrected chi connectivity index (χ3v) is 3.74. The summed E-state index contributed by atoms with van der Waals surface area (Å²) >= 11 is 0. The van der Waals surface area contributed by atoms with Crippen molar-refractivity contribution in [3.8, 4) is 5.75 Å². The summed E-state index contributed by atoms with van der Waals surface area (Å²) in [5, 5.41) is 8.69. The van der Waals surface area contributed by atoms with E-state index < -0.39 is 5.97 Å². The Kier molecular flexibility index (Phi) is 6.13. The molecule has 2 aromatic rings. The predicted molar refractivity (Wildman–Crippen MR) is 92.5 cm³/mol. The van der Waals surface area contributed by atoms with Gasteiger partial charge in [-0.15, -0.1) is 0 Å². The lowest BCUT2D eigenvalue weighted by Gasteiger charge is -2.12. The van der Waals surface area contributed by atoms with E-state index in [4.69, 9.17) is 9.84 Å². The van der Waals surface area contributed by atoms with Crippen LogP contribution in [0.25, 0.3) is 0 Å². The van der Waals surface area contributed by atoms with Crippen molar-refractivity contribution in [2.45, 2.75) is 39.7 Å². The minimum atomic E-state index is -0.886.